The molecular weight excluding hydrogens is 200 g/mol. The standard InChI is InChI=1S/C13H22N2O/c1-11-5-4-6-12(9-11)15(2)8-7-13(10-14)16-3/h4-6,9,13H,7-8,10,14H2,1-3H3. The molecule has 0 aliphatic carbocycles. The van der Waals surface area contributed by atoms with Gasteiger partial charge in [-0.2, -0.15) is 0 Å². The second-order valence-corrected chi connectivity index (χ2v) is 4.14. The molecule has 0 aliphatic rings. The van der Waals surface area contributed by atoms with Crippen molar-refractivity contribution in [3.8, 4) is 0 Å². The van der Waals surface area contributed by atoms with Crippen LogP contribution in [0.5, 0.6) is 0 Å². The van der Waals surface area contributed by atoms with E-state index < -0.39 is 0 Å². The average molecular weight is 222 g/mol. The molecule has 0 aromatic heterocycles. The topological polar surface area (TPSA) is 38.5 Å². The third-order valence-electron chi connectivity index (χ3n) is 2.83. The van der Waals surface area contributed by atoms with Crippen molar-refractivity contribution < 1.29 is 4.74 Å². The van der Waals surface area contributed by atoms with Crippen molar-refractivity contribution in [2.24, 2.45) is 5.73 Å². The zero-order valence-corrected chi connectivity index (χ0v) is 10.4. The lowest BCUT2D eigenvalue weighted by Crippen LogP contribution is -2.28. The highest BCUT2D eigenvalue weighted by Gasteiger charge is 2.07. The Morgan fingerprint density at radius 2 is 2.19 bits per heavy atom. The first-order valence-electron chi connectivity index (χ1n) is 5.68. The minimum atomic E-state index is 0.159. The van der Waals surface area contributed by atoms with E-state index in [4.69, 9.17) is 10.5 Å². The number of aryl methyl sites for hydroxylation is 1. The molecule has 1 atom stereocenters. The Kier molecular flexibility index (Phi) is 5.29. The van der Waals surface area contributed by atoms with Gasteiger partial charge in [0.25, 0.3) is 0 Å². The van der Waals surface area contributed by atoms with Crippen molar-refractivity contribution in [2.75, 3.05) is 32.1 Å². The van der Waals surface area contributed by atoms with E-state index in [9.17, 15) is 0 Å². The van der Waals surface area contributed by atoms with Gasteiger partial charge >= 0.3 is 0 Å². The van der Waals surface area contributed by atoms with Crippen molar-refractivity contribution in [1.82, 2.24) is 0 Å². The van der Waals surface area contributed by atoms with E-state index in [0.717, 1.165) is 13.0 Å². The Labute approximate surface area is 98.2 Å². The van der Waals surface area contributed by atoms with E-state index in [1.54, 1.807) is 7.11 Å². The summed E-state index contributed by atoms with van der Waals surface area (Å²) in [5.41, 5.74) is 8.12. The Hall–Kier alpha value is -1.06. The highest BCUT2D eigenvalue weighted by molar-refractivity contribution is 5.47. The largest absolute Gasteiger partial charge is 0.380 e. The predicted octanol–water partition coefficient (Wildman–Crippen LogP) is 1.80. The molecule has 90 valence electrons. The lowest BCUT2D eigenvalue weighted by Gasteiger charge is -2.22. The molecular formula is C13H22N2O. The molecule has 3 nitrogen and oxygen atoms in total. The third-order valence-corrected chi connectivity index (χ3v) is 2.83. The maximum absolute atomic E-state index is 5.59. The van der Waals surface area contributed by atoms with Gasteiger partial charge in [0.15, 0.2) is 0 Å². The van der Waals surface area contributed by atoms with Gasteiger partial charge in [-0.15, -0.1) is 0 Å². The van der Waals surface area contributed by atoms with Gasteiger partial charge in [0, 0.05) is 32.9 Å². The lowest BCUT2D eigenvalue weighted by atomic mass is 10.2. The van der Waals surface area contributed by atoms with Gasteiger partial charge in [0.2, 0.25) is 0 Å². The maximum atomic E-state index is 5.59. The first kappa shape index (κ1) is 13.0. The van der Waals surface area contributed by atoms with Crippen LogP contribution in [-0.2, 0) is 4.74 Å². The second kappa shape index (κ2) is 6.51. The maximum Gasteiger partial charge on any atom is 0.0710 e. The molecule has 1 rings (SSSR count). The van der Waals surface area contributed by atoms with Gasteiger partial charge in [0.05, 0.1) is 6.10 Å². The summed E-state index contributed by atoms with van der Waals surface area (Å²) in [7, 11) is 3.81. The van der Waals surface area contributed by atoms with Crippen molar-refractivity contribution in [1.29, 1.82) is 0 Å². The summed E-state index contributed by atoms with van der Waals surface area (Å²) < 4.78 is 5.26. The molecule has 0 radical (unpaired) electrons. The van der Waals surface area contributed by atoms with Crippen LogP contribution in [0.2, 0.25) is 0 Å². The number of methoxy groups -OCH3 is 1. The quantitative estimate of drug-likeness (QED) is 0.797. The summed E-state index contributed by atoms with van der Waals surface area (Å²) in [5, 5.41) is 0. The fourth-order valence-corrected chi connectivity index (χ4v) is 1.66. The van der Waals surface area contributed by atoms with Crippen molar-refractivity contribution in [2.45, 2.75) is 19.4 Å². The van der Waals surface area contributed by atoms with Crippen LogP contribution >= 0.6 is 0 Å². The van der Waals surface area contributed by atoms with Crippen LogP contribution in [0, 0.1) is 6.92 Å². The number of hydrogen-bond acceptors (Lipinski definition) is 3. The van der Waals surface area contributed by atoms with Crippen LogP contribution in [0.1, 0.15) is 12.0 Å². The molecule has 0 aliphatic heterocycles. The van der Waals surface area contributed by atoms with E-state index in [0.29, 0.717) is 6.54 Å². The molecule has 0 fully saturated rings. The van der Waals surface area contributed by atoms with E-state index in [-0.39, 0.29) is 6.10 Å². The van der Waals surface area contributed by atoms with E-state index >= 15 is 0 Å². The fourth-order valence-electron chi connectivity index (χ4n) is 1.66. The van der Waals surface area contributed by atoms with Crippen LogP contribution in [0.3, 0.4) is 0 Å². The molecule has 3 heteroatoms. The number of anilines is 1. The Morgan fingerprint density at radius 3 is 2.75 bits per heavy atom. The minimum Gasteiger partial charge on any atom is -0.380 e. The van der Waals surface area contributed by atoms with Crippen LogP contribution < -0.4 is 10.6 Å². The molecule has 0 spiro atoms. The Bertz CT molecular complexity index is 311. The lowest BCUT2D eigenvalue weighted by molar-refractivity contribution is 0.104. The highest BCUT2D eigenvalue weighted by Crippen LogP contribution is 2.14. The number of ether oxygens (including phenoxy) is 1. The van der Waals surface area contributed by atoms with Crippen molar-refractivity contribution in [3.05, 3.63) is 29.8 Å². The zero-order valence-electron chi connectivity index (χ0n) is 10.4. The smallest absolute Gasteiger partial charge is 0.0710 e. The summed E-state index contributed by atoms with van der Waals surface area (Å²) in [6, 6.07) is 8.49. The molecule has 0 amide bonds. The highest BCUT2D eigenvalue weighted by atomic mass is 16.5. The van der Waals surface area contributed by atoms with Gasteiger partial charge < -0.3 is 15.4 Å². The van der Waals surface area contributed by atoms with Crippen molar-refractivity contribution >= 4 is 5.69 Å². The summed E-state index contributed by atoms with van der Waals surface area (Å²) >= 11 is 0. The van der Waals surface area contributed by atoms with Crippen LogP contribution in [0.25, 0.3) is 0 Å². The van der Waals surface area contributed by atoms with Crippen LogP contribution in [-0.4, -0.2) is 33.4 Å². The summed E-state index contributed by atoms with van der Waals surface area (Å²) in [6.07, 6.45) is 1.12. The zero-order chi connectivity index (χ0) is 12.0. The summed E-state index contributed by atoms with van der Waals surface area (Å²) in [5.74, 6) is 0. The normalized spacial score (nSPS) is 12.5. The SMILES string of the molecule is COC(CN)CCN(C)c1cccc(C)c1. The van der Waals surface area contributed by atoms with Gasteiger partial charge in [-0.25, -0.2) is 0 Å². The molecule has 2 N–H and O–H groups in total. The number of nitrogens with two attached hydrogens (primary N) is 1. The predicted molar refractivity (Wildman–Crippen MR) is 68.9 cm³/mol. The van der Waals surface area contributed by atoms with Gasteiger partial charge in [-0.1, -0.05) is 12.1 Å². The van der Waals surface area contributed by atoms with E-state index in [1.165, 1.54) is 11.3 Å². The average Bonchev–Trinajstić information content (AvgIpc) is 2.30. The second-order valence-electron chi connectivity index (χ2n) is 4.14. The molecule has 1 unspecified atom stereocenters. The van der Waals surface area contributed by atoms with E-state index in [2.05, 4.69) is 43.1 Å². The molecule has 0 heterocycles. The van der Waals surface area contributed by atoms with Crippen LogP contribution in [0.15, 0.2) is 24.3 Å². The monoisotopic (exact) mass is 222 g/mol. The number of hydrogen-bond donors (Lipinski definition) is 1. The van der Waals surface area contributed by atoms with Gasteiger partial charge in [-0.05, 0) is 31.0 Å². The van der Waals surface area contributed by atoms with E-state index in [1.807, 2.05) is 0 Å². The van der Waals surface area contributed by atoms with Gasteiger partial charge in [0.1, 0.15) is 0 Å². The van der Waals surface area contributed by atoms with Gasteiger partial charge in [-0.3, -0.25) is 0 Å². The fraction of sp³-hybridized carbons (Fsp3) is 0.538. The van der Waals surface area contributed by atoms with Crippen LogP contribution in [0.4, 0.5) is 5.69 Å². The number of benzene rings is 1. The Balaban J connectivity index is 2.49. The molecule has 1 aromatic rings. The first-order chi connectivity index (χ1) is 7.67. The number of rotatable bonds is 6. The minimum absolute atomic E-state index is 0.159. The molecule has 0 saturated carbocycles. The first-order valence-corrected chi connectivity index (χ1v) is 5.68. The summed E-state index contributed by atoms with van der Waals surface area (Å²) in [4.78, 5) is 2.23. The molecule has 1 aromatic carbocycles. The Morgan fingerprint density at radius 1 is 1.44 bits per heavy atom. The molecule has 0 bridgehead atoms. The van der Waals surface area contributed by atoms with Crippen molar-refractivity contribution in [3.63, 3.8) is 0 Å². The third kappa shape index (κ3) is 3.83. The summed E-state index contributed by atoms with van der Waals surface area (Å²) in [6.45, 7) is 3.65. The number of nitrogens with zero attached hydrogens (tertiary/aromatic N) is 1. The molecule has 16 heavy (non-hydrogen) atoms. The molecule has 0 saturated heterocycles.